The fourth-order valence-corrected chi connectivity index (χ4v) is 5.75. The van der Waals surface area contributed by atoms with Crippen molar-refractivity contribution in [3.05, 3.63) is 57.1 Å². The predicted molar refractivity (Wildman–Crippen MR) is 119 cm³/mol. The number of nitrogens with zero attached hydrogens (tertiary/aromatic N) is 4. The number of aromatic hydroxyl groups is 1. The van der Waals surface area contributed by atoms with Gasteiger partial charge in [-0.05, 0) is 55.1 Å². The summed E-state index contributed by atoms with van der Waals surface area (Å²) in [6.45, 7) is 4.11. The predicted octanol–water partition coefficient (Wildman–Crippen LogP) is 5.88. The molecule has 0 saturated carbocycles. The summed E-state index contributed by atoms with van der Waals surface area (Å²) in [4.78, 5) is 8.31. The number of rotatable bonds is 4. The van der Waals surface area contributed by atoms with Crippen LogP contribution in [0.4, 0.5) is 0 Å². The van der Waals surface area contributed by atoms with Gasteiger partial charge < -0.3 is 9.52 Å². The summed E-state index contributed by atoms with van der Waals surface area (Å²) in [7, 11) is 0. The van der Waals surface area contributed by atoms with Crippen LogP contribution in [0.2, 0.25) is 10.0 Å². The first kappa shape index (κ1) is 19.9. The van der Waals surface area contributed by atoms with E-state index >= 15 is 0 Å². The van der Waals surface area contributed by atoms with Gasteiger partial charge in [-0.25, -0.2) is 0 Å². The normalized spacial score (nSPS) is 18.8. The van der Waals surface area contributed by atoms with E-state index in [2.05, 4.69) is 21.9 Å². The van der Waals surface area contributed by atoms with E-state index in [9.17, 15) is 5.11 Å². The Morgan fingerprint density at radius 1 is 1.30 bits per heavy atom. The second kappa shape index (κ2) is 7.89. The number of benzene rings is 1. The molecule has 30 heavy (non-hydrogen) atoms. The van der Waals surface area contributed by atoms with E-state index in [4.69, 9.17) is 27.6 Å². The Kier molecular flexibility index (Phi) is 5.23. The zero-order chi connectivity index (χ0) is 20.8. The van der Waals surface area contributed by atoms with Crippen molar-refractivity contribution in [3.8, 4) is 17.5 Å². The van der Waals surface area contributed by atoms with Crippen molar-refractivity contribution >= 4 is 39.5 Å². The second-order valence-electron chi connectivity index (χ2n) is 7.71. The highest BCUT2D eigenvalue weighted by molar-refractivity contribution is 7.17. The number of furan rings is 1. The van der Waals surface area contributed by atoms with Crippen molar-refractivity contribution in [1.29, 1.82) is 0 Å². The molecular formula is C21H20Cl2N4O2S. The molecule has 156 valence electrons. The van der Waals surface area contributed by atoms with Crippen LogP contribution in [0.15, 0.2) is 41.0 Å². The lowest BCUT2D eigenvalue weighted by molar-refractivity contribution is 0.149. The van der Waals surface area contributed by atoms with Gasteiger partial charge in [-0.2, -0.15) is 9.50 Å². The van der Waals surface area contributed by atoms with Crippen LogP contribution < -0.4 is 0 Å². The second-order valence-corrected chi connectivity index (χ2v) is 9.56. The Hall–Kier alpha value is -2.06. The lowest BCUT2D eigenvalue weighted by Gasteiger charge is -2.37. The summed E-state index contributed by atoms with van der Waals surface area (Å²) in [5.41, 5.74) is 0.918. The largest absolute Gasteiger partial charge is 0.492 e. The molecule has 0 amide bonds. The Balaban J connectivity index is 1.62. The van der Waals surface area contributed by atoms with Gasteiger partial charge in [-0.3, -0.25) is 4.90 Å². The van der Waals surface area contributed by atoms with Crippen LogP contribution in [0, 0.1) is 5.92 Å². The summed E-state index contributed by atoms with van der Waals surface area (Å²) in [6, 6.07) is 8.92. The molecule has 1 aromatic carbocycles. The number of halogens is 2. The molecule has 4 heterocycles. The van der Waals surface area contributed by atoms with E-state index in [0.29, 0.717) is 32.5 Å². The minimum atomic E-state index is -0.196. The molecule has 4 aromatic rings. The zero-order valence-corrected chi connectivity index (χ0v) is 18.6. The smallest absolute Gasteiger partial charge is 0.230 e. The average Bonchev–Trinajstić information content (AvgIpc) is 3.43. The number of fused-ring (bicyclic) bond motifs is 1. The van der Waals surface area contributed by atoms with Gasteiger partial charge in [0, 0.05) is 16.6 Å². The highest BCUT2D eigenvalue weighted by Gasteiger charge is 2.33. The molecule has 1 aliphatic heterocycles. The number of piperidine rings is 1. The van der Waals surface area contributed by atoms with Crippen LogP contribution in [-0.2, 0) is 0 Å². The van der Waals surface area contributed by atoms with Crippen molar-refractivity contribution in [2.75, 3.05) is 13.1 Å². The van der Waals surface area contributed by atoms with Gasteiger partial charge in [0.25, 0.3) is 0 Å². The lowest BCUT2D eigenvalue weighted by atomic mass is 9.95. The first-order chi connectivity index (χ1) is 14.5. The van der Waals surface area contributed by atoms with Crippen molar-refractivity contribution in [3.63, 3.8) is 0 Å². The minimum Gasteiger partial charge on any atom is -0.492 e. The number of thiazole rings is 1. The standard InChI is InChI=1S/C21H20Cl2N4O2S/c1-12-4-2-8-26(11-12)17(14-7-6-13(22)10-15(14)23)18-20(28)27-21(30-18)24-19(25-27)16-5-3-9-29-16/h3,5-7,9-10,12,17,28H,2,4,8,11H2,1H3/t12-,17+/m1/s1. The van der Waals surface area contributed by atoms with Gasteiger partial charge in [0.2, 0.25) is 16.7 Å². The monoisotopic (exact) mass is 462 g/mol. The Bertz CT molecular complexity index is 1190. The molecule has 0 unspecified atom stereocenters. The van der Waals surface area contributed by atoms with Crippen molar-refractivity contribution in [2.24, 2.45) is 5.92 Å². The van der Waals surface area contributed by atoms with E-state index in [-0.39, 0.29) is 11.9 Å². The fourth-order valence-electron chi connectivity index (χ4n) is 4.13. The number of hydrogen-bond donors (Lipinski definition) is 1. The quantitative estimate of drug-likeness (QED) is 0.409. The van der Waals surface area contributed by atoms with Crippen molar-refractivity contribution in [2.45, 2.75) is 25.8 Å². The number of hydrogen-bond acceptors (Lipinski definition) is 6. The number of aromatic nitrogens is 3. The molecule has 2 atom stereocenters. The summed E-state index contributed by atoms with van der Waals surface area (Å²) in [5.74, 6) is 1.66. The number of likely N-dealkylation sites (tertiary alicyclic amines) is 1. The maximum absolute atomic E-state index is 11.1. The molecule has 1 saturated heterocycles. The van der Waals surface area contributed by atoms with E-state index < -0.39 is 0 Å². The average molecular weight is 463 g/mol. The molecule has 9 heteroatoms. The minimum absolute atomic E-state index is 0.0783. The summed E-state index contributed by atoms with van der Waals surface area (Å²) < 4.78 is 6.86. The third-order valence-electron chi connectivity index (χ3n) is 5.50. The molecular weight excluding hydrogens is 443 g/mol. The van der Waals surface area contributed by atoms with Crippen LogP contribution >= 0.6 is 34.5 Å². The summed E-state index contributed by atoms with van der Waals surface area (Å²) >= 11 is 14.2. The molecule has 0 aliphatic carbocycles. The van der Waals surface area contributed by atoms with Crippen molar-refractivity contribution < 1.29 is 9.52 Å². The molecule has 0 bridgehead atoms. The summed E-state index contributed by atoms with van der Waals surface area (Å²) in [5, 5.41) is 16.7. The molecule has 5 rings (SSSR count). The maximum atomic E-state index is 11.1. The van der Waals surface area contributed by atoms with E-state index in [1.165, 1.54) is 22.3 Å². The fraction of sp³-hybridized carbons (Fsp3) is 0.333. The first-order valence-corrected chi connectivity index (χ1v) is 11.4. The molecule has 0 radical (unpaired) electrons. The van der Waals surface area contributed by atoms with E-state index in [0.717, 1.165) is 30.0 Å². The molecule has 6 nitrogen and oxygen atoms in total. The maximum Gasteiger partial charge on any atom is 0.230 e. The van der Waals surface area contributed by atoms with Gasteiger partial charge >= 0.3 is 0 Å². The van der Waals surface area contributed by atoms with Gasteiger partial charge in [-0.1, -0.05) is 47.5 Å². The highest BCUT2D eigenvalue weighted by atomic mass is 35.5. The lowest BCUT2D eigenvalue weighted by Crippen LogP contribution is -2.37. The SMILES string of the molecule is C[C@@H]1CCCN([C@@H](c2ccc(Cl)cc2Cl)c2sc3nc(-c4ccco4)nn3c2O)C1. The molecule has 1 aliphatic rings. The van der Waals surface area contributed by atoms with Gasteiger partial charge in [-0.15, -0.1) is 5.10 Å². The van der Waals surface area contributed by atoms with Crippen LogP contribution in [0.3, 0.4) is 0 Å². The Morgan fingerprint density at radius 2 is 2.17 bits per heavy atom. The van der Waals surface area contributed by atoms with Crippen molar-refractivity contribution in [1.82, 2.24) is 19.5 Å². The third-order valence-corrected chi connectivity index (χ3v) is 7.14. The Labute approximate surface area is 187 Å². The first-order valence-electron chi connectivity index (χ1n) is 9.82. The van der Waals surface area contributed by atoms with Gasteiger partial charge in [0.15, 0.2) is 5.76 Å². The van der Waals surface area contributed by atoms with Crippen LogP contribution in [0.25, 0.3) is 16.5 Å². The third kappa shape index (κ3) is 3.50. The molecule has 3 aromatic heterocycles. The summed E-state index contributed by atoms with van der Waals surface area (Å²) in [6.07, 6.45) is 3.88. The van der Waals surface area contributed by atoms with Crippen LogP contribution in [0.5, 0.6) is 5.88 Å². The van der Waals surface area contributed by atoms with E-state index in [1.807, 2.05) is 12.1 Å². The topological polar surface area (TPSA) is 66.8 Å². The molecule has 1 fully saturated rings. The van der Waals surface area contributed by atoms with Gasteiger partial charge in [0.05, 0.1) is 17.2 Å². The van der Waals surface area contributed by atoms with Crippen LogP contribution in [-0.4, -0.2) is 37.7 Å². The van der Waals surface area contributed by atoms with Crippen LogP contribution in [0.1, 0.15) is 36.2 Å². The Morgan fingerprint density at radius 3 is 2.87 bits per heavy atom. The van der Waals surface area contributed by atoms with Gasteiger partial charge in [0.1, 0.15) is 0 Å². The molecule has 1 N–H and O–H groups in total. The molecule has 0 spiro atoms. The van der Waals surface area contributed by atoms with E-state index in [1.54, 1.807) is 24.5 Å². The zero-order valence-electron chi connectivity index (χ0n) is 16.3. The highest BCUT2D eigenvalue weighted by Crippen LogP contribution is 2.44.